The van der Waals surface area contributed by atoms with E-state index in [0.717, 1.165) is 46.1 Å². The number of anilines is 1. The minimum Gasteiger partial charge on any atom is -0.444 e. The van der Waals surface area contributed by atoms with Crippen molar-refractivity contribution < 1.29 is 33.4 Å². The second kappa shape index (κ2) is 20.8. The number of ether oxygens (including phenoxy) is 2. The molecule has 15 heteroatoms. The Bertz CT molecular complexity index is 2550. The van der Waals surface area contributed by atoms with E-state index in [1.165, 1.54) is 0 Å². The second-order valence-electron chi connectivity index (χ2n) is 19.8. The first-order chi connectivity index (χ1) is 31.9. The number of carbonyl (C=O) groups excluding carboxylic acids is 5. The number of aryl methyl sites for hydroxylation is 1. The van der Waals surface area contributed by atoms with Crippen LogP contribution in [0.3, 0.4) is 0 Å². The fourth-order valence-electron chi connectivity index (χ4n) is 8.60. The van der Waals surface area contributed by atoms with Gasteiger partial charge in [-0.15, -0.1) is 0 Å². The quantitative estimate of drug-likeness (QED) is 0.0813. The van der Waals surface area contributed by atoms with Gasteiger partial charge in [0.2, 0.25) is 11.8 Å². The number of likely N-dealkylation sites (tertiary alicyclic amines) is 1. The number of alkyl carbamates (subject to hydrolysis) is 1. The van der Waals surface area contributed by atoms with Crippen LogP contribution in [0.4, 0.5) is 15.3 Å². The summed E-state index contributed by atoms with van der Waals surface area (Å²) in [6.45, 7) is 14.5. The number of H-pyrrole nitrogens is 1. The van der Waals surface area contributed by atoms with Gasteiger partial charge in [-0.1, -0.05) is 36.4 Å². The summed E-state index contributed by atoms with van der Waals surface area (Å²) in [5, 5.41) is 12.1. The molecule has 0 spiro atoms. The molecule has 5 amide bonds. The Morgan fingerprint density at radius 1 is 0.821 bits per heavy atom. The van der Waals surface area contributed by atoms with Crippen LogP contribution in [0.1, 0.15) is 102 Å². The molecule has 3 aromatic carbocycles. The monoisotopic (exact) mass is 912 g/mol. The van der Waals surface area contributed by atoms with E-state index in [-0.39, 0.29) is 48.1 Å². The minimum atomic E-state index is -0.879. The topological polar surface area (TPSA) is 197 Å². The number of nitrogens with one attached hydrogen (secondary N) is 5. The average Bonchev–Trinajstić information content (AvgIpc) is 3.72. The number of fused-ring (bicyclic) bond motifs is 1. The second-order valence-corrected chi connectivity index (χ2v) is 19.8. The van der Waals surface area contributed by atoms with Crippen molar-refractivity contribution in [3.05, 3.63) is 102 Å². The third-order valence-corrected chi connectivity index (χ3v) is 12.1. The Balaban J connectivity index is 0.996. The summed E-state index contributed by atoms with van der Waals surface area (Å²) in [6.07, 6.45) is 5.27. The van der Waals surface area contributed by atoms with Gasteiger partial charge >= 0.3 is 12.2 Å². The molecule has 1 aliphatic carbocycles. The summed E-state index contributed by atoms with van der Waals surface area (Å²) in [7, 11) is 0. The van der Waals surface area contributed by atoms with Crippen molar-refractivity contribution in [1.29, 1.82) is 0 Å². The number of benzene rings is 3. The van der Waals surface area contributed by atoms with Gasteiger partial charge in [0, 0.05) is 55.5 Å². The molecule has 5 aromatic rings. The first-order valence-corrected chi connectivity index (χ1v) is 23.3. The molecule has 2 fully saturated rings. The van der Waals surface area contributed by atoms with Gasteiger partial charge in [-0.2, -0.15) is 0 Å². The smallest absolute Gasteiger partial charge is 0.410 e. The molecule has 354 valence electrons. The highest BCUT2D eigenvalue weighted by atomic mass is 16.6. The number of amides is 5. The predicted molar refractivity (Wildman–Crippen MR) is 258 cm³/mol. The molecule has 7 rings (SSSR count). The average molecular weight is 913 g/mol. The molecule has 3 heterocycles. The van der Waals surface area contributed by atoms with E-state index in [2.05, 4.69) is 36.2 Å². The number of nitrogens with zero attached hydrogens (tertiary/aromatic N) is 3. The van der Waals surface area contributed by atoms with Crippen LogP contribution < -0.4 is 21.3 Å². The zero-order valence-corrected chi connectivity index (χ0v) is 39.7. The molecular weight excluding hydrogens is 849 g/mol. The fraction of sp³-hybridized carbons (Fsp3) is 0.442. The highest BCUT2D eigenvalue weighted by Gasteiger charge is 2.31. The Morgan fingerprint density at radius 2 is 1.54 bits per heavy atom. The summed E-state index contributed by atoms with van der Waals surface area (Å²) < 4.78 is 10.9. The van der Waals surface area contributed by atoms with Crippen LogP contribution in [-0.4, -0.2) is 92.7 Å². The Kier molecular flexibility index (Phi) is 15.0. The Hall–Kier alpha value is -6.77. The summed E-state index contributed by atoms with van der Waals surface area (Å²) >= 11 is 0. The first kappa shape index (κ1) is 48.2. The van der Waals surface area contributed by atoms with E-state index in [0.29, 0.717) is 68.1 Å². The van der Waals surface area contributed by atoms with Crippen LogP contribution >= 0.6 is 0 Å². The van der Waals surface area contributed by atoms with Crippen molar-refractivity contribution in [2.24, 2.45) is 11.8 Å². The van der Waals surface area contributed by atoms with Crippen LogP contribution in [0.5, 0.6) is 0 Å². The summed E-state index contributed by atoms with van der Waals surface area (Å²) in [5.74, 6) is -0.116. The van der Waals surface area contributed by atoms with Crippen LogP contribution in [0, 0.1) is 18.8 Å². The van der Waals surface area contributed by atoms with Gasteiger partial charge in [0.05, 0.1) is 11.0 Å². The number of carbonyl (C=O) groups is 5. The molecule has 2 aliphatic rings. The van der Waals surface area contributed by atoms with Crippen LogP contribution in [-0.2, 0) is 25.5 Å². The summed E-state index contributed by atoms with van der Waals surface area (Å²) in [5.41, 5.74) is 5.83. The lowest BCUT2D eigenvalue weighted by molar-refractivity contribution is -0.130. The molecular formula is C52H64N8O7. The SMILES string of the molecule is Cc1cc(C(=O)NC2CCN(C(=O)OC(C)(C)C)CC2)ccc1-c1ccc(C[C@H](NC(=O)C2CCC(CNC(=O)OC(C)(C)C)CC2)C(=O)Nc2ccc3nc(-c4ccccn4)[nH]c3c2)cc1. The number of piperidine rings is 1. The van der Waals surface area contributed by atoms with Gasteiger partial charge in [-0.3, -0.25) is 19.4 Å². The van der Waals surface area contributed by atoms with E-state index < -0.39 is 23.3 Å². The van der Waals surface area contributed by atoms with Crippen molar-refractivity contribution in [3.8, 4) is 22.6 Å². The highest BCUT2D eigenvalue weighted by molar-refractivity contribution is 5.99. The lowest BCUT2D eigenvalue weighted by atomic mass is 9.81. The van der Waals surface area contributed by atoms with E-state index in [1.807, 2.05) is 121 Å². The molecule has 0 bridgehead atoms. The predicted octanol–water partition coefficient (Wildman–Crippen LogP) is 8.73. The van der Waals surface area contributed by atoms with Gasteiger partial charge < -0.3 is 40.6 Å². The standard InChI is InChI=1S/C52H64N8O7/c1-32-28-37(47(62)55-38-23-26-60(27-24-38)50(65)67-52(5,6)7)19-21-40(32)35-15-11-33(12-16-35)29-44(59-46(61)36-17-13-34(14-18-36)31-54-49(64)66-51(2,3)4)48(63)56-39-20-22-41-43(30-39)58-45(57-41)42-10-8-9-25-53-42/h8-12,15-16,19-22,25,28,30,34,36,38,44H,13-14,17-18,23-24,26-27,29,31H2,1-7H3,(H,54,64)(H,55,62)(H,56,63)(H,57,58)(H,59,61)/t34?,36?,44-/m0/s1. The van der Waals surface area contributed by atoms with Gasteiger partial charge in [0.1, 0.15) is 22.9 Å². The van der Waals surface area contributed by atoms with E-state index in [9.17, 15) is 24.0 Å². The molecule has 1 atom stereocenters. The molecule has 15 nitrogen and oxygen atoms in total. The molecule has 2 aromatic heterocycles. The molecule has 1 saturated heterocycles. The zero-order chi connectivity index (χ0) is 47.9. The van der Waals surface area contributed by atoms with Crippen molar-refractivity contribution in [2.75, 3.05) is 25.0 Å². The lowest BCUT2D eigenvalue weighted by Crippen LogP contribution is -2.48. The molecule has 67 heavy (non-hydrogen) atoms. The number of aromatic amines is 1. The number of aromatic nitrogens is 3. The highest BCUT2D eigenvalue weighted by Crippen LogP contribution is 2.30. The number of rotatable bonds is 12. The number of hydrogen-bond acceptors (Lipinski definition) is 9. The third-order valence-electron chi connectivity index (χ3n) is 12.1. The Morgan fingerprint density at radius 3 is 2.19 bits per heavy atom. The van der Waals surface area contributed by atoms with Gasteiger partial charge in [0.15, 0.2) is 5.82 Å². The molecule has 1 aliphatic heterocycles. The van der Waals surface area contributed by atoms with E-state index >= 15 is 0 Å². The number of pyridine rings is 1. The Labute approximate surface area is 392 Å². The number of hydrogen-bond donors (Lipinski definition) is 5. The van der Waals surface area contributed by atoms with Crippen LogP contribution in [0.15, 0.2) is 85.1 Å². The molecule has 0 unspecified atom stereocenters. The van der Waals surface area contributed by atoms with E-state index in [4.69, 9.17) is 9.47 Å². The maximum Gasteiger partial charge on any atom is 0.410 e. The largest absolute Gasteiger partial charge is 0.444 e. The molecule has 0 radical (unpaired) electrons. The maximum atomic E-state index is 14.2. The van der Waals surface area contributed by atoms with E-state index in [1.54, 1.807) is 17.2 Å². The fourth-order valence-corrected chi connectivity index (χ4v) is 8.60. The van der Waals surface area contributed by atoms with Crippen molar-refractivity contribution in [1.82, 2.24) is 35.8 Å². The van der Waals surface area contributed by atoms with Crippen LogP contribution in [0.25, 0.3) is 33.7 Å². The van der Waals surface area contributed by atoms with Crippen molar-refractivity contribution >= 4 is 46.6 Å². The van der Waals surface area contributed by atoms with Gasteiger partial charge in [-0.05, 0) is 158 Å². The first-order valence-electron chi connectivity index (χ1n) is 23.3. The van der Waals surface area contributed by atoms with Crippen molar-refractivity contribution in [2.45, 2.75) is 117 Å². The number of imidazole rings is 1. The summed E-state index contributed by atoms with van der Waals surface area (Å²) in [4.78, 5) is 80.2. The minimum absolute atomic E-state index is 0.0462. The maximum absolute atomic E-state index is 14.2. The van der Waals surface area contributed by atoms with Gasteiger partial charge in [-0.25, -0.2) is 14.6 Å². The van der Waals surface area contributed by atoms with Gasteiger partial charge in [0.25, 0.3) is 5.91 Å². The molecule has 1 saturated carbocycles. The third kappa shape index (κ3) is 13.4. The normalized spacial score (nSPS) is 17.3. The van der Waals surface area contributed by atoms with Crippen molar-refractivity contribution in [3.63, 3.8) is 0 Å². The zero-order valence-electron chi connectivity index (χ0n) is 39.7. The van der Waals surface area contributed by atoms with Crippen LogP contribution in [0.2, 0.25) is 0 Å². The molecule has 5 N–H and O–H groups in total. The lowest BCUT2D eigenvalue weighted by Gasteiger charge is -2.33. The summed E-state index contributed by atoms with van der Waals surface area (Å²) in [6, 6.07) is 23.7.